The second-order valence-electron chi connectivity index (χ2n) is 5.07. The third kappa shape index (κ3) is 4.47. The fourth-order valence-electron chi connectivity index (χ4n) is 2.14. The molecule has 2 aromatic carbocycles. The van der Waals surface area contributed by atoms with Crippen molar-refractivity contribution in [3.8, 4) is 5.75 Å². The summed E-state index contributed by atoms with van der Waals surface area (Å²) < 4.78 is 5.25. The monoisotopic (exact) mass is 313 g/mol. The Morgan fingerprint density at radius 1 is 1.09 bits per heavy atom. The van der Waals surface area contributed by atoms with Gasteiger partial charge in [-0.1, -0.05) is 24.3 Å². The number of ether oxygens (including phenoxy) is 1. The number of methoxy groups -OCH3 is 1. The lowest BCUT2D eigenvalue weighted by atomic mass is 10.1. The van der Waals surface area contributed by atoms with Gasteiger partial charge in [0, 0.05) is 5.69 Å². The third-order valence-electron chi connectivity index (χ3n) is 3.29. The highest BCUT2D eigenvalue weighted by atomic mass is 16.5. The van der Waals surface area contributed by atoms with Gasteiger partial charge < -0.3 is 21.1 Å². The Balaban J connectivity index is 2.11. The summed E-state index contributed by atoms with van der Waals surface area (Å²) >= 11 is 0. The SMILES string of the molecule is COc1cc(CC(N)=O)ccc1NC(=O)Nc1ccccc1C. The van der Waals surface area contributed by atoms with Gasteiger partial charge in [-0.2, -0.15) is 0 Å². The van der Waals surface area contributed by atoms with Crippen LogP contribution in [0.4, 0.5) is 16.2 Å². The van der Waals surface area contributed by atoms with Crippen LogP contribution in [0.5, 0.6) is 5.75 Å². The van der Waals surface area contributed by atoms with Gasteiger partial charge in [0.05, 0.1) is 19.2 Å². The van der Waals surface area contributed by atoms with Crippen molar-refractivity contribution in [3.05, 3.63) is 53.6 Å². The molecule has 0 atom stereocenters. The molecule has 0 fully saturated rings. The minimum absolute atomic E-state index is 0.117. The van der Waals surface area contributed by atoms with Crippen LogP contribution in [0.3, 0.4) is 0 Å². The fraction of sp³-hybridized carbons (Fsp3) is 0.176. The average molecular weight is 313 g/mol. The standard InChI is InChI=1S/C17H19N3O3/c1-11-5-3-4-6-13(11)19-17(22)20-14-8-7-12(10-16(18)21)9-15(14)23-2/h3-9H,10H2,1-2H3,(H2,18,21)(H2,19,20,22). The normalized spacial score (nSPS) is 10.0. The maximum absolute atomic E-state index is 12.1. The molecule has 0 spiro atoms. The number of para-hydroxylation sites is 1. The lowest BCUT2D eigenvalue weighted by molar-refractivity contribution is -0.117. The number of benzene rings is 2. The van der Waals surface area contributed by atoms with Crippen molar-refractivity contribution >= 4 is 23.3 Å². The van der Waals surface area contributed by atoms with Crippen molar-refractivity contribution in [2.45, 2.75) is 13.3 Å². The lowest BCUT2D eigenvalue weighted by Crippen LogP contribution is -2.20. The number of hydrogen-bond acceptors (Lipinski definition) is 3. The summed E-state index contributed by atoms with van der Waals surface area (Å²) in [6.07, 6.45) is 0.117. The Kier molecular flexibility index (Phi) is 5.19. The predicted octanol–water partition coefficient (Wildman–Crippen LogP) is 2.68. The smallest absolute Gasteiger partial charge is 0.323 e. The molecule has 0 bridgehead atoms. The summed E-state index contributed by atoms with van der Waals surface area (Å²) in [4.78, 5) is 23.1. The quantitative estimate of drug-likeness (QED) is 0.792. The van der Waals surface area contributed by atoms with Gasteiger partial charge in [0.15, 0.2) is 0 Å². The van der Waals surface area contributed by atoms with E-state index in [0.717, 1.165) is 16.8 Å². The highest BCUT2D eigenvalue weighted by Gasteiger charge is 2.10. The van der Waals surface area contributed by atoms with Crippen LogP contribution < -0.4 is 21.1 Å². The summed E-state index contributed by atoms with van der Waals surface area (Å²) in [5.41, 5.74) is 8.10. The Bertz CT molecular complexity index is 729. The minimum atomic E-state index is -0.426. The molecule has 0 saturated carbocycles. The largest absolute Gasteiger partial charge is 0.495 e. The summed E-state index contributed by atoms with van der Waals surface area (Å²) in [7, 11) is 1.49. The lowest BCUT2D eigenvalue weighted by Gasteiger charge is -2.13. The second kappa shape index (κ2) is 7.31. The zero-order chi connectivity index (χ0) is 16.8. The van der Waals surface area contributed by atoms with Crippen LogP contribution in [0.2, 0.25) is 0 Å². The molecule has 0 aliphatic heterocycles. The molecule has 0 heterocycles. The van der Waals surface area contributed by atoms with Gasteiger partial charge in [0.25, 0.3) is 0 Å². The fourth-order valence-corrected chi connectivity index (χ4v) is 2.14. The zero-order valence-electron chi connectivity index (χ0n) is 13.1. The van der Waals surface area contributed by atoms with Crippen LogP contribution in [-0.2, 0) is 11.2 Å². The van der Waals surface area contributed by atoms with Crippen molar-refractivity contribution < 1.29 is 14.3 Å². The molecule has 0 saturated heterocycles. The Morgan fingerprint density at radius 2 is 1.78 bits per heavy atom. The molecule has 6 heteroatoms. The van der Waals surface area contributed by atoms with Crippen molar-refractivity contribution in [2.24, 2.45) is 5.73 Å². The number of aryl methyl sites for hydroxylation is 1. The molecular formula is C17H19N3O3. The van der Waals surface area contributed by atoms with Crippen LogP contribution in [0.15, 0.2) is 42.5 Å². The molecule has 4 N–H and O–H groups in total. The van der Waals surface area contributed by atoms with Gasteiger partial charge in [-0.05, 0) is 36.2 Å². The van der Waals surface area contributed by atoms with Crippen LogP contribution in [0, 0.1) is 6.92 Å². The van der Waals surface area contributed by atoms with E-state index in [1.54, 1.807) is 18.2 Å². The number of urea groups is 1. The number of anilines is 2. The van der Waals surface area contributed by atoms with E-state index in [2.05, 4.69) is 10.6 Å². The zero-order valence-corrected chi connectivity index (χ0v) is 13.1. The van der Waals surface area contributed by atoms with Crippen molar-refractivity contribution in [2.75, 3.05) is 17.7 Å². The Hall–Kier alpha value is -3.02. The highest BCUT2D eigenvalue weighted by molar-refractivity contribution is 6.01. The first-order valence-electron chi connectivity index (χ1n) is 7.08. The van der Waals surface area contributed by atoms with E-state index in [9.17, 15) is 9.59 Å². The molecular weight excluding hydrogens is 294 g/mol. The van der Waals surface area contributed by atoms with E-state index < -0.39 is 5.91 Å². The maximum atomic E-state index is 12.1. The van der Waals surface area contributed by atoms with Crippen LogP contribution >= 0.6 is 0 Å². The predicted molar refractivity (Wildman–Crippen MR) is 89.7 cm³/mol. The molecule has 6 nitrogen and oxygen atoms in total. The third-order valence-corrected chi connectivity index (χ3v) is 3.29. The summed E-state index contributed by atoms with van der Waals surface area (Å²) in [6, 6.07) is 12.2. The van der Waals surface area contributed by atoms with Crippen molar-refractivity contribution in [1.29, 1.82) is 0 Å². The Labute approximate surface area is 134 Å². The van der Waals surface area contributed by atoms with E-state index in [4.69, 9.17) is 10.5 Å². The molecule has 0 radical (unpaired) electrons. The van der Waals surface area contributed by atoms with E-state index in [0.29, 0.717) is 11.4 Å². The maximum Gasteiger partial charge on any atom is 0.323 e. The molecule has 120 valence electrons. The summed E-state index contributed by atoms with van der Waals surface area (Å²) in [5.74, 6) is 0.0359. The van der Waals surface area contributed by atoms with Gasteiger partial charge in [-0.3, -0.25) is 4.79 Å². The number of carbonyl (C=O) groups is 2. The molecule has 23 heavy (non-hydrogen) atoms. The number of carbonyl (C=O) groups excluding carboxylic acids is 2. The van der Waals surface area contributed by atoms with Crippen LogP contribution in [0.1, 0.15) is 11.1 Å². The minimum Gasteiger partial charge on any atom is -0.495 e. The first-order valence-corrected chi connectivity index (χ1v) is 7.08. The van der Waals surface area contributed by atoms with Gasteiger partial charge >= 0.3 is 6.03 Å². The average Bonchev–Trinajstić information content (AvgIpc) is 2.50. The van der Waals surface area contributed by atoms with Crippen LogP contribution in [0.25, 0.3) is 0 Å². The van der Waals surface area contributed by atoms with Crippen molar-refractivity contribution in [3.63, 3.8) is 0 Å². The molecule has 3 amide bonds. The number of rotatable bonds is 5. The van der Waals surface area contributed by atoms with E-state index in [1.165, 1.54) is 7.11 Å². The van der Waals surface area contributed by atoms with Gasteiger partial charge in [-0.15, -0.1) is 0 Å². The molecule has 0 aliphatic carbocycles. The number of nitrogens with one attached hydrogen (secondary N) is 2. The molecule has 0 aliphatic rings. The van der Waals surface area contributed by atoms with Crippen molar-refractivity contribution in [1.82, 2.24) is 0 Å². The molecule has 2 rings (SSSR count). The van der Waals surface area contributed by atoms with Gasteiger partial charge in [0.1, 0.15) is 5.75 Å². The van der Waals surface area contributed by atoms with Crippen LogP contribution in [-0.4, -0.2) is 19.0 Å². The molecule has 0 aromatic heterocycles. The second-order valence-corrected chi connectivity index (χ2v) is 5.07. The highest BCUT2D eigenvalue weighted by Crippen LogP contribution is 2.26. The first kappa shape index (κ1) is 16.4. The summed E-state index contributed by atoms with van der Waals surface area (Å²) in [6.45, 7) is 1.91. The van der Waals surface area contributed by atoms with Gasteiger partial charge in [-0.25, -0.2) is 4.79 Å². The first-order chi connectivity index (χ1) is 11.0. The number of amides is 3. The van der Waals surface area contributed by atoms with E-state index in [1.807, 2.05) is 31.2 Å². The molecule has 2 aromatic rings. The van der Waals surface area contributed by atoms with E-state index >= 15 is 0 Å². The molecule has 0 unspecified atom stereocenters. The Morgan fingerprint density at radius 3 is 2.43 bits per heavy atom. The topological polar surface area (TPSA) is 93.4 Å². The number of nitrogens with two attached hydrogens (primary N) is 1. The van der Waals surface area contributed by atoms with E-state index in [-0.39, 0.29) is 12.5 Å². The number of primary amides is 1. The number of hydrogen-bond donors (Lipinski definition) is 3. The summed E-state index contributed by atoms with van der Waals surface area (Å²) in [5, 5.41) is 5.50. The van der Waals surface area contributed by atoms with Gasteiger partial charge in [0.2, 0.25) is 5.91 Å².